The summed E-state index contributed by atoms with van der Waals surface area (Å²) < 4.78 is 0. The molecular weight excluding hydrogens is 264 g/mol. The van der Waals surface area contributed by atoms with E-state index in [1.54, 1.807) is 12.4 Å². The van der Waals surface area contributed by atoms with Gasteiger partial charge < -0.3 is 15.5 Å². The number of nitrogens with zero attached hydrogens (tertiary/aromatic N) is 5. The number of piperazine rings is 1. The van der Waals surface area contributed by atoms with Gasteiger partial charge in [-0.15, -0.1) is 0 Å². The predicted molar refractivity (Wildman–Crippen MR) is 83.3 cm³/mol. The van der Waals surface area contributed by atoms with Crippen LogP contribution in [0.25, 0.3) is 0 Å². The standard InChI is InChI=1S/C15H20N6/c1-12(16)13-4-2-5-17-14(13)20-8-10-21(11-9-20)15-18-6-3-7-19-15/h2-7,12H,8-11,16H2,1H3. The summed E-state index contributed by atoms with van der Waals surface area (Å²) in [5.41, 5.74) is 7.14. The number of aromatic nitrogens is 3. The van der Waals surface area contributed by atoms with E-state index in [9.17, 15) is 0 Å². The smallest absolute Gasteiger partial charge is 0.225 e. The van der Waals surface area contributed by atoms with Crippen LogP contribution in [0.15, 0.2) is 36.8 Å². The van der Waals surface area contributed by atoms with Crippen molar-refractivity contribution in [3.8, 4) is 0 Å². The molecule has 1 atom stereocenters. The maximum atomic E-state index is 6.04. The lowest BCUT2D eigenvalue weighted by Crippen LogP contribution is -2.47. The van der Waals surface area contributed by atoms with Crippen LogP contribution in [0.1, 0.15) is 18.5 Å². The Kier molecular flexibility index (Phi) is 3.96. The first-order chi connectivity index (χ1) is 10.3. The minimum atomic E-state index is -0.0100. The molecule has 0 amide bonds. The number of nitrogens with two attached hydrogens (primary N) is 1. The van der Waals surface area contributed by atoms with E-state index in [0.717, 1.165) is 43.5 Å². The van der Waals surface area contributed by atoms with E-state index in [-0.39, 0.29) is 6.04 Å². The molecule has 2 aromatic heterocycles. The Morgan fingerprint density at radius 1 is 0.952 bits per heavy atom. The average Bonchev–Trinajstić information content (AvgIpc) is 2.56. The lowest BCUT2D eigenvalue weighted by atomic mass is 10.1. The van der Waals surface area contributed by atoms with Gasteiger partial charge in [0.05, 0.1) is 0 Å². The summed E-state index contributed by atoms with van der Waals surface area (Å²) in [4.78, 5) is 17.6. The van der Waals surface area contributed by atoms with Gasteiger partial charge in [-0.1, -0.05) is 6.07 Å². The molecule has 1 saturated heterocycles. The van der Waals surface area contributed by atoms with E-state index in [1.165, 1.54) is 0 Å². The molecule has 1 fully saturated rings. The highest BCUT2D eigenvalue weighted by atomic mass is 15.3. The van der Waals surface area contributed by atoms with Crippen LogP contribution in [0.3, 0.4) is 0 Å². The third-order valence-electron chi connectivity index (χ3n) is 3.72. The number of anilines is 2. The van der Waals surface area contributed by atoms with Crippen LogP contribution in [-0.4, -0.2) is 41.1 Å². The number of hydrogen-bond acceptors (Lipinski definition) is 6. The van der Waals surface area contributed by atoms with E-state index in [2.05, 4.69) is 30.8 Å². The first-order valence-corrected chi connectivity index (χ1v) is 7.23. The topological polar surface area (TPSA) is 71.2 Å². The van der Waals surface area contributed by atoms with Crippen LogP contribution < -0.4 is 15.5 Å². The molecule has 110 valence electrons. The molecule has 1 unspecified atom stereocenters. The van der Waals surface area contributed by atoms with Gasteiger partial charge in [-0.25, -0.2) is 15.0 Å². The van der Waals surface area contributed by atoms with Crippen LogP contribution in [-0.2, 0) is 0 Å². The van der Waals surface area contributed by atoms with Crippen molar-refractivity contribution >= 4 is 11.8 Å². The maximum absolute atomic E-state index is 6.04. The number of pyridine rings is 1. The molecule has 6 nitrogen and oxygen atoms in total. The molecule has 1 aliphatic rings. The van der Waals surface area contributed by atoms with E-state index in [1.807, 2.05) is 25.3 Å². The van der Waals surface area contributed by atoms with Crippen LogP contribution in [0.5, 0.6) is 0 Å². The zero-order valence-corrected chi connectivity index (χ0v) is 12.2. The van der Waals surface area contributed by atoms with Crippen molar-refractivity contribution in [1.29, 1.82) is 0 Å². The highest BCUT2D eigenvalue weighted by Gasteiger charge is 2.22. The van der Waals surface area contributed by atoms with E-state index in [0.29, 0.717) is 0 Å². The van der Waals surface area contributed by atoms with E-state index < -0.39 is 0 Å². The molecule has 0 aliphatic carbocycles. The van der Waals surface area contributed by atoms with Crippen LogP contribution in [0.4, 0.5) is 11.8 Å². The van der Waals surface area contributed by atoms with Crippen molar-refractivity contribution in [2.45, 2.75) is 13.0 Å². The molecule has 0 aromatic carbocycles. The second kappa shape index (κ2) is 6.05. The quantitative estimate of drug-likeness (QED) is 0.913. The summed E-state index contributed by atoms with van der Waals surface area (Å²) in [6.07, 6.45) is 5.39. The van der Waals surface area contributed by atoms with Crippen molar-refractivity contribution in [3.63, 3.8) is 0 Å². The van der Waals surface area contributed by atoms with Gasteiger partial charge in [0, 0.05) is 56.4 Å². The fraction of sp³-hybridized carbons (Fsp3) is 0.400. The Labute approximate surface area is 124 Å². The van der Waals surface area contributed by atoms with Crippen molar-refractivity contribution in [1.82, 2.24) is 15.0 Å². The molecule has 6 heteroatoms. The van der Waals surface area contributed by atoms with Crippen molar-refractivity contribution in [2.75, 3.05) is 36.0 Å². The molecule has 0 spiro atoms. The van der Waals surface area contributed by atoms with Gasteiger partial charge in [-0.2, -0.15) is 0 Å². The molecule has 2 N–H and O–H groups in total. The minimum Gasteiger partial charge on any atom is -0.353 e. The van der Waals surface area contributed by atoms with Gasteiger partial charge in [-0.3, -0.25) is 0 Å². The van der Waals surface area contributed by atoms with Gasteiger partial charge >= 0.3 is 0 Å². The second-order valence-corrected chi connectivity index (χ2v) is 5.23. The molecule has 3 rings (SSSR count). The average molecular weight is 284 g/mol. The summed E-state index contributed by atoms with van der Waals surface area (Å²) in [5.74, 6) is 1.80. The molecule has 0 radical (unpaired) electrons. The first kappa shape index (κ1) is 13.8. The van der Waals surface area contributed by atoms with Gasteiger partial charge in [0.15, 0.2) is 0 Å². The van der Waals surface area contributed by atoms with Gasteiger partial charge in [0.2, 0.25) is 5.95 Å². The minimum absolute atomic E-state index is 0.0100. The Balaban J connectivity index is 1.72. The Morgan fingerprint density at radius 2 is 1.57 bits per heavy atom. The molecule has 21 heavy (non-hydrogen) atoms. The predicted octanol–water partition coefficient (Wildman–Crippen LogP) is 1.22. The fourth-order valence-corrected chi connectivity index (χ4v) is 2.60. The molecule has 1 aliphatic heterocycles. The first-order valence-electron chi connectivity index (χ1n) is 7.23. The van der Waals surface area contributed by atoms with E-state index >= 15 is 0 Å². The Hall–Kier alpha value is -2.21. The molecule has 0 saturated carbocycles. The summed E-state index contributed by atoms with van der Waals surface area (Å²) in [6, 6.07) is 5.82. The second-order valence-electron chi connectivity index (χ2n) is 5.23. The zero-order chi connectivity index (χ0) is 14.7. The van der Waals surface area contributed by atoms with E-state index in [4.69, 9.17) is 5.73 Å². The normalized spacial score (nSPS) is 16.9. The zero-order valence-electron chi connectivity index (χ0n) is 12.2. The van der Waals surface area contributed by atoms with Gasteiger partial charge in [-0.05, 0) is 19.1 Å². The highest BCUT2D eigenvalue weighted by molar-refractivity contribution is 5.50. The number of hydrogen-bond donors (Lipinski definition) is 1. The van der Waals surface area contributed by atoms with Gasteiger partial charge in [0.1, 0.15) is 5.82 Å². The molecular formula is C15H20N6. The van der Waals surface area contributed by atoms with Crippen molar-refractivity contribution < 1.29 is 0 Å². The Bertz CT molecular complexity index is 578. The Morgan fingerprint density at radius 3 is 2.24 bits per heavy atom. The lowest BCUT2D eigenvalue weighted by molar-refractivity contribution is 0.629. The summed E-state index contributed by atoms with van der Waals surface area (Å²) in [6.45, 7) is 5.57. The monoisotopic (exact) mass is 284 g/mol. The van der Waals surface area contributed by atoms with Crippen LogP contribution in [0, 0.1) is 0 Å². The summed E-state index contributed by atoms with van der Waals surface area (Å²) in [5, 5.41) is 0. The van der Waals surface area contributed by atoms with Gasteiger partial charge in [0.25, 0.3) is 0 Å². The number of rotatable bonds is 3. The maximum Gasteiger partial charge on any atom is 0.225 e. The highest BCUT2D eigenvalue weighted by Crippen LogP contribution is 2.23. The molecule has 2 aromatic rings. The third kappa shape index (κ3) is 2.95. The fourth-order valence-electron chi connectivity index (χ4n) is 2.60. The SMILES string of the molecule is CC(N)c1cccnc1N1CCN(c2ncccn2)CC1. The van der Waals surface area contributed by atoms with Crippen molar-refractivity contribution in [2.24, 2.45) is 5.73 Å². The molecule has 3 heterocycles. The summed E-state index contributed by atoms with van der Waals surface area (Å²) >= 11 is 0. The van der Waals surface area contributed by atoms with Crippen LogP contribution in [0.2, 0.25) is 0 Å². The largest absolute Gasteiger partial charge is 0.353 e. The van der Waals surface area contributed by atoms with Crippen molar-refractivity contribution in [3.05, 3.63) is 42.4 Å². The van der Waals surface area contributed by atoms with Crippen LogP contribution >= 0.6 is 0 Å². The third-order valence-corrected chi connectivity index (χ3v) is 3.72. The summed E-state index contributed by atoms with van der Waals surface area (Å²) in [7, 11) is 0. The lowest BCUT2D eigenvalue weighted by Gasteiger charge is -2.36. The molecule has 0 bridgehead atoms.